The Balaban J connectivity index is 1.15. The van der Waals surface area contributed by atoms with Crippen molar-refractivity contribution >= 4 is 39.1 Å². The molecule has 4 bridgehead atoms. The molecular weight excluding hydrogens is 865 g/mol. The van der Waals surface area contributed by atoms with E-state index in [1.165, 1.54) is 29.8 Å². The number of phenols is 1. The summed E-state index contributed by atoms with van der Waals surface area (Å²) in [6.45, 7) is 11.0. The van der Waals surface area contributed by atoms with Crippen LogP contribution in [0.5, 0.6) is 17.4 Å². The third-order valence-electron chi connectivity index (χ3n) is 12.0. The van der Waals surface area contributed by atoms with E-state index in [1.807, 2.05) is 13.0 Å². The average Bonchev–Trinajstić information content (AvgIpc) is 3.70. The number of thiophene rings is 1. The van der Waals surface area contributed by atoms with Crippen molar-refractivity contribution in [1.29, 1.82) is 0 Å². The van der Waals surface area contributed by atoms with Gasteiger partial charge < -0.3 is 24.2 Å². The first-order chi connectivity index (χ1) is 31.6. The van der Waals surface area contributed by atoms with E-state index in [9.17, 15) is 14.3 Å². The van der Waals surface area contributed by atoms with Crippen LogP contribution in [-0.4, -0.2) is 105 Å². The van der Waals surface area contributed by atoms with E-state index in [0.29, 0.717) is 45.6 Å². The van der Waals surface area contributed by atoms with Crippen molar-refractivity contribution in [3.05, 3.63) is 136 Å². The molecular formula is C50H49ClFN7O5S. The molecule has 0 amide bonds. The topological polar surface area (TPSA) is 126 Å². The van der Waals surface area contributed by atoms with Crippen LogP contribution in [0.2, 0.25) is 5.02 Å². The molecule has 1 atom stereocenters. The monoisotopic (exact) mass is 913 g/mol. The lowest BCUT2D eigenvalue weighted by Gasteiger charge is -2.34. The fourth-order valence-electron chi connectivity index (χ4n) is 8.41. The van der Waals surface area contributed by atoms with Gasteiger partial charge in [-0.05, 0) is 103 Å². The van der Waals surface area contributed by atoms with E-state index < -0.39 is 12.1 Å². The van der Waals surface area contributed by atoms with Crippen LogP contribution in [0.1, 0.15) is 34.9 Å². The van der Waals surface area contributed by atoms with Gasteiger partial charge >= 0.3 is 5.97 Å². The molecule has 10 rings (SSSR count). The van der Waals surface area contributed by atoms with Crippen molar-refractivity contribution in [2.24, 2.45) is 0 Å². The van der Waals surface area contributed by atoms with E-state index in [4.69, 9.17) is 30.8 Å². The number of fused-ring (bicyclic) bond motifs is 6. The summed E-state index contributed by atoms with van der Waals surface area (Å²) in [5, 5.41) is 11.1. The lowest BCUT2D eigenvalue weighted by atomic mass is 9.94. The zero-order valence-corrected chi connectivity index (χ0v) is 38.0. The van der Waals surface area contributed by atoms with Crippen LogP contribution < -0.4 is 9.47 Å². The minimum Gasteiger partial charge on any atom is -0.508 e. The number of rotatable bonds is 10. The molecule has 12 nitrogen and oxygen atoms in total. The van der Waals surface area contributed by atoms with Gasteiger partial charge in [0.05, 0.1) is 17.7 Å². The van der Waals surface area contributed by atoms with Crippen LogP contribution in [0.4, 0.5) is 4.39 Å². The summed E-state index contributed by atoms with van der Waals surface area (Å²) < 4.78 is 33.3. The summed E-state index contributed by atoms with van der Waals surface area (Å²) in [5.41, 5.74) is 7.45. The molecule has 0 spiro atoms. The number of piperazine rings is 1. The van der Waals surface area contributed by atoms with Crippen LogP contribution in [0.25, 0.3) is 43.2 Å². The fourth-order valence-corrected chi connectivity index (χ4v) is 9.79. The van der Waals surface area contributed by atoms with Gasteiger partial charge in [0.1, 0.15) is 35.1 Å². The highest BCUT2D eigenvalue weighted by atomic mass is 35.5. The number of phenolic OH excluding ortho intramolecular Hbond substituents is 1. The molecule has 3 aliphatic rings. The second-order valence-corrected chi connectivity index (χ2v) is 17.8. The number of nitrogens with zero attached hydrogens (tertiary/aromatic N) is 7. The highest BCUT2D eigenvalue weighted by Crippen LogP contribution is 2.49. The van der Waals surface area contributed by atoms with Gasteiger partial charge in [-0.2, -0.15) is 0 Å². The summed E-state index contributed by atoms with van der Waals surface area (Å²) in [6.07, 6.45) is 2.06. The van der Waals surface area contributed by atoms with Crippen molar-refractivity contribution in [3.8, 4) is 50.3 Å². The number of likely N-dealkylation sites (N-methyl/N-ethyl adjacent to an activating group) is 1. The zero-order chi connectivity index (χ0) is 45.0. The third kappa shape index (κ3) is 9.97. The molecule has 1 saturated heterocycles. The van der Waals surface area contributed by atoms with E-state index in [1.54, 1.807) is 55.6 Å². The molecule has 6 heterocycles. The predicted octanol–water partition coefficient (Wildman–Crippen LogP) is 8.98. The number of carbonyl (C=O) groups is 1. The SMILES string of the molecule is CCOC(=O)[C@H]1Cc2cc(ccc2OCc2ccnc(-c3ccc(O)cc3)n2)CN(CCN2CCN(C)CC2)Cc2ccc(c(C)c2Cl)-c2c(-c3ccc(F)cc3)sc3ncnc(c23)O1. The standard InChI is InChI=1S/C50H49ClFN7O5S/c1-4-62-50(61)42-26-36-25-32(5-16-41(36)63-29-38-17-18-53-47(56-38)34-8-13-39(60)14-9-34)27-59(24-23-58-21-19-57(3)20-22-58)28-35-10-15-40(31(2)45(35)51)43-44-48(64-42)54-30-55-49(44)65-46(43)33-6-11-37(52)12-7-33/h5-18,25,30,42,60H,4,19-24,26-29H2,1-3H3/t42-/m1/s1. The Morgan fingerprint density at radius 1 is 0.908 bits per heavy atom. The number of aromatic hydroxyl groups is 1. The number of hydrogen-bond acceptors (Lipinski definition) is 13. The Morgan fingerprint density at radius 3 is 2.46 bits per heavy atom. The molecule has 0 aliphatic carbocycles. The van der Waals surface area contributed by atoms with Gasteiger partial charge in [0.2, 0.25) is 12.0 Å². The first-order valence-corrected chi connectivity index (χ1v) is 22.9. The van der Waals surface area contributed by atoms with Crippen LogP contribution in [-0.2, 0) is 35.6 Å². The largest absolute Gasteiger partial charge is 0.508 e. The van der Waals surface area contributed by atoms with Crippen molar-refractivity contribution < 1.29 is 28.5 Å². The Morgan fingerprint density at radius 2 is 1.68 bits per heavy atom. The first-order valence-electron chi connectivity index (χ1n) is 21.7. The van der Waals surface area contributed by atoms with Crippen molar-refractivity contribution in [3.63, 3.8) is 0 Å². The molecule has 65 heavy (non-hydrogen) atoms. The molecule has 0 unspecified atom stereocenters. The number of halogens is 2. The van der Waals surface area contributed by atoms with E-state index >= 15 is 0 Å². The molecule has 3 aliphatic heterocycles. The average molecular weight is 915 g/mol. The van der Waals surface area contributed by atoms with Gasteiger partial charge in [0, 0.05) is 86.0 Å². The van der Waals surface area contributed by atoms with Gasteiger partial charge in [-0.15, -0.1) is 11.3 Å². The van der Waals surface area contributed by atoms with Gasteiger partial charge in [-0.3, -0.25) is 9.80 Å². The predicted molar refractivity (Wildman–Crippen MR) is 251 cm³/mol. The maximum atomic E-state index is 14.3. The van der Waals surface area contributed by atoms with Crippen LogP contribution >= 0.6 is 22.9 Å². The van der Waals surface area contributed by atoms with Crippen molar-refractivity contribution in [2.45, 2.75) is 46.1 Å². The van der Waals surface area contributed by atoms with E-state index in [-0.39, 0.29) is 37.1 Å². The second-order valence-electron chi connectivity index (χ2n) is 16.5. The molecule has 0 saturated carbocycles. The lowest BCUT2D eigenvalue weighted by Crippen LogP contribution is -2.46. The molecule has 15 heteroatoms. The summed E-state index contributed by atoms with van der Waals surface area (Å²) >= 11 is 8.85. The van der Waals surface area contributed by atoms with Gasteiger partial charge in [-0.1, -0.05) is 48.0 Å². The number of hydrogen-bond donors (Lipinski definition) is 1. The van der Waals surface area contributed by atoms with Crippen molar-refractivity contribution in [1.82, 2.24) is 34.6 Å². The molecule has 4 aromatic carbocycles. The number of carbonyl (C=O) groups excluding carboxylic acids is 1. The zero-order valence-electron chi connectivity index (χ0n) is 36.5. The molecule has 0 radical (unpaired) electrons. The third-order valence-corrected chi connectivity index (χ3v) is 13.6. The highest BCUT2D eigenvalue weighted by Gasteiger charge is 2.30. The summed E-state index contributed by atoms with van der Waals surface area (Å²) in [4.78, 5) is 41.4. The quantitative estimate of drug-likeness (QED) is 0.132. The second kappa shape index (κ2) is 19.6. The Kier molecular flexibility index (Phi) is 13.3. The van der Waals surface area contributed by atoms with Gasteiger partial charge in [-0.25, -0.2) is 29.1 Å². The van der Waals surface area contributed by atoms with E-state index in [0.717, 1.165) is 88.7 Å². The summed E-state index contributed by atoms with van der Waals surface area (Å²) in [6, 6.07) is 25.1. The van der Waals surface area contributed by atoms with Crippen LogP contribution in [0.3, 0.4) is 0 Å². The highest BCUT2D eigenvalue weighted by molar-refractivity contribution is 7.22. The fraction of sp³-hybridized carbons (Fsp3) is 0.300. The number of aromatic nitrogens is 4. The Labute approximate surface area is 386 Å². The summed E-state index contributed by atoms with van der Waals surface area (Å²) in [5.74, 6) is 0.511. The minimum absolute atomic E-state index is 0.0974. The lowest BCUT2D eigenvalue weighted by molar-refractivity contribution is -0.151. The van der Waals surface area contributed by atoms with Gasteiger partial charge in [0.15, 0.2) is 5.82 Å². The van der Waals surface area contributed by atoms with E-state index in [2.05, 4.69) is 61.0 Å². The first kappa shape index (κ1) is 44.2. The smallest absolute Gasteiger partial charge is 0.347 e. The van der Waals surface area contributed by atoms with Crippen LogP contribution in [0.15, 0.2) is 97.5 Å². The molecule has 1 N–H and O–H groups in total. The van der Waals surface area contributed by atoms with Crippen LogP contribution in [0, 0.1) is 12.7 Å². The molecule has 3 aromatic heterocycles. The van der Waals surface area contributed by atoms with Gasteiger partial charge in [0.25, 0.3) is 0 Å². The molecule has 7 aromatic rings. The van der Waals surface area contributed by atoms with Crippen molar-refractivity contribution in [2.75, 3.05) is 52.9 Å². The summed E-state index contributed by atoms with van der Waals surface area (Å²) in [7, 11) is 2.16. The number of benzene rings is 4. The normalized spacial score (nSPS) is 16.1. The number of esters is 1. The maximum absolute atomic E-state index is 14.3. The Hall–Kier alpha value is -6.03. The maximum Gasteiger partial charge on any atom is 0.347 e. The molecule has 1 fully saturated rings. The molecule has 334 valence electrons. The number of ether oxygens (including phenoxy) is 3. The Bertz CT molecular complexity index is 2820. The minimum atomic E-state index is -1.14.